The molecule has 2 nitrogen and oxygen atoms in total. The van der Waals surface area contributed by atoms with Gasteiger partial charge < -0.3 is 9.47 Å². The summed E-state index contributed by atoms with van der Waals surface area (Å²) < 4.78 is 11.9. The number of rotatable bonds is 5. The van der Waals surface area contributed by atoms with Crippen molar-refractivity contribution in [3.05, 3.63) is 50.6 Å². The maximum Gasteiger partial charge on any atom is 0.118 e. The molecule has 2 rings (SSSR count). The Balaban J connectivity index is 1.81. The predicted molar refractivity (Wildman–Crippen MR) is 73.5 cm³/mol. The van der Waals surface area contributed by atoms with Gasteiger partial charge >= 0.3 is 0 Å². The molecule has 1 aromatic carbocycles. The van der Waals surface area contributed by atoms with Crippen molar-refractivity contribution >= 4 is 27.3 Å². The molecule has 0 radical (unpaired) electrons. The van der Waals surface area contributed by atoms with Gasteiger partial charge in [0, 0.05) is 4.88 Å². The number of methoxy groups -OCH3 is 1. The number of thiophene rings is 1. The maximum absolute atomic E-state index is 5.64. The van der Waals surface area contributed by atoms with Crippen molar-refractivity contribution in [2.75, 3.05) is 7.11 Å². The van der Waals surface area contributed by atoms with Crippen molar-refractivity contribution in [2.45, 2.75) is 13.2 Å². The number of hydrogen-bond donors (Lipinski definition) is 0. The van der Waals surface area contributed by atoms with E-state index in [0.29, 0.717) is 13.2 Å². The van der Waals surface area contributed by atoms with Crippen LogP contribution in [0.4, 0.5) is 0 Å². The Morgan fingerprint density at radius 2 is 1.82 bits per heavy atom. The smallest absolute Gasteiger partial charge is 0.118 e. The van der Waals surface area contributed by atoms with Crippen LogP contribution in [0.5, 0.6) is 5.75 Å². The first-order valence-electron chi connectivity index (χ1n) is 5.23. The van der Waals surface area contributed by atoms with Crippen molar-refractivity contribution in [3.8, 4) is 5.75 Å². The Morgan fingerprint density at radius 1 is 1.06 bits per heavy atom. The molecule has 0 saturated heterocycles. The third-order valence-electron chi connectivity index (χ3n) is 2.30. The van der Waals surface area contributed by atoms with Gasteiger partial charge in [-0.05, 0) is 45.8 Å². The molecule has 0 N–H and O–H groups in total. The third-order valence-corrected chi connectivity index (χ3v) is 3.90. The zero-order valence-corrected chi connectivity index (χ0v) is 11.9. The van der Waals surface area contributed by atoms with Gasteiger partial charge in [-0.2, -0.15) is 0 Å². The van der Waals surface area contributed by atoms with E-state index in [1.54, 1.807) is 18.4 Å². The minimum atomic E-state index is 0.625. The number of benzene rings is 1. The second-order valence-corrected chi connectivity index (χ2v) is 6.09. The highest BCUT2D eigenvalue weighted by molar-refractivity contribution is 9.11. The quantitative estimate of drug-likeness (QED) is 0.822. The van der Waals surface area contributed by atoms with Crippen LogP contribution in [0.1, 0.15) is 10.4 Å². The van der Waals surface area contributed by atoms with Crippen molar-refractivity contribution in [2.24, 2.45) is 0 Å². The summed E-state index contributed by atoms with van der Waals surface area (Å²) in [6.45, 7) is 1.28. The van der Waals surface area contributed by atoms with Crippen molar-refractivity contribution in [1.82, 2.24) is 0 Å². The van der Waals surface area contributed by atoms with Gasteiger partial charge in [0.1, 0.15) is 5.75 Å². The second kappa shape index (κ2) is 6.19. The van der Waals surface area contributed by atoms with Crippen molar-refractivity contribution < 1.29 is 9.47 Å². The number of halogens is 1. The van der Waals surface area contributed by atoms with Gasteiger partial charge in [-0.25, -0.2) is 0 Å². The average Bonchev–Trinajstić information content (AvgIpc) is 2.76. The molecule has 0 unspecified atom stereocenters. The summed E-state index contributed by atoms with van der Waals surface area (Å²) in [6, 6.07) is 12.0. The normalized spacial score (nSPS) is 10.5. The fraction of sp³-hybridized carbons (Fsp3) is 0.231. The molecule has 0 spiro atoms. The molecule has 1 heterocycles. The molecular formula is C13H13BrO2S. The Hall–Kier alpha value is -0.840. The first-order chi connectivity index (χ1) is 8.28. The largest absolute Gasteiger partial charge is 0.497 e. The highest BCUT2D eigenvalue weighted by atomic mass is 79.9. The van der Waals surface area contributed by atoms with Crippen LogP contribution in [0, 0.1) is 0 Å². The molecule has 0 bridgehead atoms. The summed E-state index contributed by atoms with van der Waals surface area (Å²) in [5, 5.41) is 0. The van der Waals surface area contributed by atoms with E-state index in [1.165, 1.54) is 4.88 Å². The molecule has 1 aromatic heterocycles. The fourth-order valence-corrected chi connectivity index (χ4v) is 2.84. The first-order valence-corrected chi connectivity index (χ1v) is 6.84. The topological polar surface area (TPSA) is 18.5 Å². The van der Waals surface area contributed by atoms with Crippen LogP contribution in [-0.2, 0) is 18.0 Å². The van der Waals surface area contributed by atoms with Crippen molar-refractivity contribution in [1.29, 1.82) is 0 Å². The lowest BCUT2D eigenvalue weighted by Gasteiger charge is -2.04. The highest BCUT2D eigenvalue weighted by Gasteiger charge is 1.99. The molecule has 90 valence electrons. The minimum Gasteiger partial charge on any atom is -0.497 e. The fourth-order valence-electron chi connectivity index (χ4n) is 1.42. The minimum absolute atomic E-state index is 0.625. The molecule has 0 aliphatic rings. The van der Waals surface area contributed by atoms with E-state index in [2.05, 4.69) is 22.0 Å². The highest BCUT2D eigenvalue weighted by Crippen LogP contribution is 2.23. The first kappa shape index (κ1) is 12.6. The number of ether oxygens (including phenoxy) is 2. The Labute approximate surface area is 113 Å². The second-order valence-electron chi connectivity index (χ2n) is 3.55. The van der Waals surface area contributed by atoms with E-state index in [4.69, 9.17) is 9.47 Å². The van der Waals surface area contributed by atoms with Gasteiger partial charge in [-0.15, -0.1) is 11.3 Å². The van der Waals surface area contributed by atoms with Crippen LogP contribution in [-0.4, -0.2) is 7.11 Å². The van der Waals surface area contributed by atoms with E-state index < -0.39 is 0 Å². The van der Waals surface area contributed by atoms with E-state index in [0.717, 1.165) is 15.1 Å². The maximum atomic E-state index is 5.64. The molecule has 0 fully saturated rings. The molecule has 0 saturated carbocycles. The standard InChI is InChI=1S/C13H13BrO2S/c1-15-11-4-2-10(3-5-11)8-16-9-12-6-7-13(14)17-12/h2-7H,8-9H2,1H3. The van der Waals surface area contributed by atoms with Crippen LogP contribution in [0.3, 0.4) is 0 Å². The SMILES string of the molecule is COc1ccc(COCc2ccc(Br)s2)cc1. The predicted octanol–water partition coefficient (Wildman–Crippen LogP) is 4.24. The molecule has 0 aliphatic carbocycles. The summed E-state index contributed by atoms with van der Waals surface area (Å²) in [5.41, 5.74) is 1.15. The molecule has 4 heteroatoms. The van der Waals surface area contributed by atoms with Gasteiger partial charge in [-0.1, -0.05) is 12.1 Å². The summed E-state index contributed by atoms with van der Waals surface area (Å²) in [6.07, 6.45) is 0. The van der Waals surface area contributed by atoms with E-state index in [-0.39, 0.29) is 0 Å². The lowest BCUT2D eigenvalue weighted by molar-refractivity contribution is 0.109. The van der Waals surface area contributed by atoms with Crippen LogP contribution >= 0.6 is 27.3 Å². The van der Waals surface area contributed by atoms with Crippen molar-refractivity contribution in [3.63, 3.8) is 0 Å². The molecule has 2 aromatic rings. The van der Waals surface area contributed by atoms with Crippen LogP contribution in [0.15, 0.2) is 40.2 Å². The Bertz CT molecular complexity index is 465. The van der Waals surface area contributed by atoms with E-state index in [1.807, 2.05) is 30.3 Å². The monoisotopic (exact) mass is 312 g/mol. The summed E-state index contributed by atoms with van der Waals surface area (Å²) >= 11 is 5.13. The van der Waals surface area contributed by atoms with Gasteiger partial charge in [0.05, 0.1) is 24.1 Å². The molecule has 0 atom stereocenters. The molecular weight excluding hydrogens is 300 g/mol. The van der Waals surface area contributed by atoms with Crippen LogP contribution in [0.25, 0.3) is 0 Å². The summed E-state index contributed by atoms with van der Waals surface area (Å²) in [5.74, 6) is 0.871. The third kappa shape index (κ3) is 3.84. The lowest BCUT2D eigenvalue weighted by atomic mass is 10.2. The van der Waals surface area contributed by atoms with Gasteiger partial charge in [0.25, 0.3) is 0 Å². The zero-order valence-electron chi connectivity index (χ0n) is 9.48. The van der Waals surface area contributed by atoms with Crippen LogP contribution in [0.2, 0.25) is 0 Å². The van der Waals surface area contributed by atoms with Gasteiger partial charge in [0.15, 0.2) is 0 Å². The number of hydrogen-bond acceptors (Lipinski definition) is 3. The lowest BCUT2D eigenvalue weighted by Crippen LogP contribution is -1.92. The van der Waals surface area contributed by atoms with E-state index >= 15 is 0 Å². The zero-order chi connectivity index (χ0) is 12.1. The molecule has 17 heavy (non-hydrogen) atoms. The Morgan fingerprint density at radius 3 is 2.41 bits per heavy atom. The van der Waals surface area contributed by atoms with E-state index in [9.17, 15) is 0 Å². The average molecular weight is 313 g/mol. The Kier molecular flexibility index (Phi) is 4.59. The molecule has 0 amide bonds. The summed E-state index contributed by atoms with van der Waals surface area (Å²) in [7, 11) is 1.67. The van der Waals surface area contributed by atoms with Gasteiger partial charge in [-0.3, -0.25) is 0 Å². The molecule has 0 aliphatic heterocycles. The van der Waals surface area contributed by atoms with Gasteiger partial charge in [0.2, 0.25) is 0 Å². The van der Waals surface area contributed by atoms with Crippen LogP contribution < -0.4 is 4.74 Å². The summed E-state index contributed by atoms with van der Waals surface area (Å²) in [4.78, 5) is 1.23.